The highest BCUT2D eigenvalue weighted by Gasteiger charge is 2.17. The summed E-state index contributed by atoms with van der Waals surface area (Å²) in [6.45, 7) is 2.48. The van der Waals surface area contributed by atoms with Crippen molar-refractivity contribution < 1.29 is 4.79 Å². The normalized spacial score (nSPS) is 10.4. The van der Waals surface area contributed by atoms with Gasteiger partial charge < -0.3 is 16.4 Å². The van der Waals surface area contributed by atoms with Crippen LogP contribution >= 0.6 is 11.6 Å². The van der Waals surface area contributed by atoms with E-state index in [-0.39, 0.29) is 16.7 Å². The summed E-state index contributed by atoms with van der Waals surface area (Å²) >= 11 is 6.25. The molecule has 138 valence electrons. The van der Waals surface area contributed by atoms with Crippen molar-refractivity contribution >= 4 is 34.7 Å². The van der Waals surface area contributed by atoms with Gasteiger partial charge >= 0.3 is 0 Å². The number of hydrogen-bond donors (Lipinski definition) is 3. The Balaban J connectivity index is 1.77. The van der Waals surface area contributed by atoms with E-state index >= 15 is 0 Å². The Hall–Kier alpha value is -3.19. The van der Waals surface area contributed by atoms with Gasteiger partial charge in [0.1, 0.15) is 11.5 Å². The zero-order valence-corrected chi connectivity index (χ0v) is 15.5. The van der Waals surface area contributed by atoms with Gasteiger partial charge in [0, 0.05) is 24.5 Å². The van der Waals surface area contributed by atoms with E-state index in [0.29, 0.717) is 23.5 Å². The van der Waals surface area contributed by atoms with Gasteiger partial charge in [0.25, 0.3) is 5.91 Å². The van der Waals surface area contributed by atoms with E-state index in [1.807, 2.05) is 25.1 Å². The van der Waals surface area contributed by atoms with E-state index in [2.05, 4.69) is 37.7 Å². The zero-order chi connectivity index (χ0) is 19.2. The van der Waals surface area contributed by atoms with E-state index in [4.69, 9.17) is 17.3 Å². The van der Waals surface area contributed by atoms with E-state index in [9.17, 15) is 4.79 Å². The molecule has 4 N–H and O–H groups in total. The van der Waals surface area contributed by atoms with Gasteiger partial charge in [-0.05, 0) is 18.9 Å². The topological polar surface area (TPSA) is 106 Å². The predicted molar refractivity (Wildman–Crippen MR) is 107 cm³/mol. The molecule has 27 heavy (non-hydrogen) atoms. The minimum Gasteiger partial charge on any atom is -0.382 e. The maximum absolute atomic E-state index is 12.4. The van der Waals surface area contributed by atoms with Crippen LogP contribution in [0.5, 0.6) is 0 Å². The lowest BCUT2D eigenvalue weighted by atomic mass is 10.1. The minimum atomic E-state index is -0.419. The SMILES string of the molecule is Cc1c(NC(=O)c2cnccn2)c(N)nc(Cl)c1NCCc1ccccc1. The molecule has 0 saturated carbocycles. The molecule has 3 aromatic rings. The van der Waals surface area contributed by atoms with Gasteiger partial charge in [-0.15, -0.1) is 0 Å². The van der Waals surface area contributed by atoms with Crippen LogP contribution in [0.15, 0.2) is 48.9 Å². The van der Waals surface area contributed by atoms with Crippen molar-refractivity contribution in [3.63, 3.8) is 0 Å². The molecule has 0 atom stereocenters. The fourth-order valence-electron chi connectivity index (χ4n) is 2.62. The van der Waals surface area contributed by atoms with Crippen molar-refractivity contribution in [2.75, 3.05) is 22.9 Å². The molecule has 0 bridgehead atoms. The second-order valence-corrected chi connectivity index (χ2v) is 6.23. The van der Waals surface area contributed by atoms with Gasteiger partial charge in [0.15, 0.2) is 5.15 Å². The first-order chi connectivity index (χ1) is 13.1. The fourth-order valence-corrected chi connectivity index (χ4v) is 2.92. The molecule has 0 unspecified atom stereocenters. The fraction of sp³-hybridized carbons (Fsp3) is 0.158. The van der Waals surface area contributed by atoms with Gasteiger partial charge in [-0.2, -0.15) is 0 Å². The molecule has 0 spiro atoms. The molecule has 0 aliphatic rings. The average Bonchev–Trinajstić information content (AvgIpc) is 2.69. The van der Waals surface area contributed by atoms with Gasteiger partial charge in [0.2, 0.25) is 0 Å². The number of aromatic nitrogens is 3. The number of carbonyl (C=O) groups is 1. The number of benzene rings is 1. The van der Waals surface area contributed by atoms with Crippen molar-refractivity contribution in [2.24, 2.45) is 0 Å². The van der Waals surface area contributed by atoms with Crippen molar-refractivity contribution in [1.82, 2.24) is 15.0 Å². The molecule has 0 fully saturated rings. The number of rotatable bonds is 6. The van der Waals surface area contributed by atoms with Crippen LogP contribution in [0, 0.1) is 6.92 Å². The van der Waals surface area contributed by atoms with Crippen molar-refractivity contribution in [1.29, 1.82) is 0 Å². The Labute approximate surface area is 162 Å². The van der Waals surface area contributed by atoms with Gasteiger partial charge in [-0.25, -0.2) is 9.97 Å². The van der Waals surface area contributed by atoms with Crippen LogP contribution in [0.3, 0.4) is 0 Å². The molecule has 1 aromatic carbocycles. The molecule has 1 amide bonds. The highest BCUT2D eigenvalue weighted by molar-refractivity contribution is 6.32. The number of nitrogens with two attached hydrogens (primary N) is 1. The Kier molecular flexibility index (Phi) is 5.83. The summed E-state index contributed by atoms with van der Waals surface area (Å²) in [5.41, 5.74) is 9.10. The van der Waals surface area contributed by atoms with Crippen molar-refractivity contribution in [2.45, 2.75) is 13.3 Å². The quantitative estimate of drug-likeness (QED) is 0.565. The standard InChI is InChI=1S/C19H19ClN6O/c1-12-15(24-8-7-13-5-3-2-4-6-13)17(20)26-18(21)16(12)25-19(27)14-11-22-9-10-23-14/h2-6,9-11,24H,7-8H2,1H3,(H2,21,26)(H,25,27). The lowest BCUT2D eigenvalue weighted by Gasteiger charge is -2.17. The van der Waals surface area contributed by atoms with Crippen LogP contribution in [-0.4, -0.2) is 27.4 Å². The number of carbonyl (C=O) groups excluding carboxylic acids is 1. The van der Waals surface area contributed by atoms with Crippen LogP contribution < -0.4 is 16.4 Å². The first kappa shape index (κ1) is 18.6. The van der Waals surface area contributed by atoms with Crippen LogP contribution in [0.25, 0.3) is 0 Å². The summed E-state index contributed by atoms with van der Waals surface area (Å²) in [6.07, 6.45) is 5.14. The van der Waals surface area contributed by atoms with Crippen LogP contribution in [0.1, 0.15) is 21.6 Å². The lowest BCUT2D eigenvalue weighted by molar-refractivity contribution is 0.102. The smallest absolute Gasteiger partial charge is 0.275 e. The Morgan fingerprint density at radius 2 is 1.96 bits per heavy atom. The molecule has 2 heterocycles. The maximum atomic E-state index is 12.4. The number of hydrogen-bond acceptors (Lipinski definition) is 6. The molecule has 0 saturated heterocycles. The second-order valence-electron chi connectivity index (χ2n) is 5.87. The average molecular weight is 383 g/mol. The van der Waals surface area contributed by atoms with E-state index < -0.39 is 5.91 Å². The monoisotopic (exact) mass is 382 g/mol. The zero-order valence-electron chi connectivity index (χ0n) is 14.7. The number of nitrogen functional groups attached to an aromatic ring is 1. The molecule has 8 heteroatoms. The van der Waals surface area contributed by atoms with Gasteiger partial charge in [0.05, 0.1) is 17.6 Å². The summed E-state index contributed by atoms with van der Waals surface area (Å²) < 4.78 is 0. The first-order valence-electron chi connectivity index (χ1n) is 8.37. The molecular weight excluding hydrogens is 364 g/mol. The number of nitrogens with one attached hydrogen (secondary N) is 2. The van der Waals surface area contributed by atoms with Gasteiger partial charge in [-0.3, -0.25) is 9.78 Å². The number of amides is 1. The highest BCUT2D eigenvalue weighted by atomic mass is 35.5. The summed E-state index contributed by atoms with van der Waals surface area (Å²) in [7, 11) is 0. The Morgan fingerprint density at radius 1 is 1.19 bits per heavy atom. The van der Waals surface area contributed by atoms with E-state index in [1.165, 1.54) is 24.2 Å². The van der Waals surface area contributed by atoms with Crippen molar-refractivity contribution in [3.05, 3.63) is 70.9 Å². The molecule has 0 aliphatic heterocycles. The summed E-state index contributed by atoms with van der Waals surface area (Å²) in [6, 6.07) is 10.1. The molecule has 2 aromatic heterocycles. The Morgan fingerprint density at radius 3 is 2.67 bits per heavy atom. The third-order valence-electron chi connectivity index (χ3n) is 4.02. The summed E-state index contributed by atoms with van der Waals surface area (Å²) in [4.78, 5) is 24.4. The summed E-state index contributed by atoms with van der Waals surface area (Å²) in [5.74, 6) is -0.277. The molecule has 0 aliphatic carbocycles. The van der Waals surface area contributed by atoms with Gasteiger partial charge in [-0.1, -0.05) is 41.9 Å². The third-order valence-corrected chi connectivity index (χ3v) is 4.30. The summed E-state index contributed by atoms with van der Waals surface area (Å²) in [5, 5.41) is 6.28. The van der Waals surface area contributed by atoms with Crippen molar-refractivity contribution in [3.8, 4) is 0 Å². The minimum absolute atomic E-state index is 0.142. The molecular formula is C19H19ClN6O. The maximum Gasteiger partial charge on any atom is 0.275 e. The Bertz CT molecular complexity index is 934. The molecule has 7 nitrogen and oxygen atoms in total. The van der Waals surface area contributed by atoms with E-state index in [1.54, 1.807) is 0 Å². The highest BCUT2D eigenvalue weighted by Crippen LogP contribution is 2.33. The lowest BCUT2D eigenvalue weighted by Crippen LogP contribution is -2.18. The largest absolute Gasteiger partial charge is 0.382 e. The number of anilines is 3. The third kappa shape index (κ3) is 4.51. The predicted octanol–water partition coefficient (Wildman–Crippen LogP) is 3.32. The molecule has 0 radical (unpaired) electrons. The number of halogens is 1. The van der Waals surface area contributed by atoms with Crippen LogP contribution in [-0.2, 0) is 6.42 Å². The first-order valence-corrected chi connectivity index (χ1v) is 8.74. The second kappa shape index (κ2) is 8.46. The number of nitrogens with zero attached hydrogens (tertiary/aromatic N) is 3. The molecule has 3 rings (SSSR count). The number of pyridine rings is 1. The van der Waals surface area contributed by atoms with E-state index in [0.717, 1.165) is 6.42 Å². The van der Waals surface area contributed by atoms with Crippen LogP contribution in [0.2, 0.25) is 5.15 Å². The van der Waals surface area contributed by atoms with Crippen LogP contribution in [0.4, 0.5) is 17.2 Å².